The van der Waals surface area contributed by atoms with E-state index in [-0.39, 0.29) is 47.4 Å². The minimum Gasteiger partial charge on any atom is -0.481 e. The number of alkyl halides is 1. The number of aliphatic hydroxyl groups is 2. The maximum absolute atomic E-state index is 14.4. The molecule has 8 N–H and O–H groups in total. The Kier molecular flexibility index (Phi) is 14.2. The van der Waals surface area contributed by atoms with Crippen LogP contribution in [0.3, 0.4) is 0 Å². The fourth-order valence-corrected chi connectivity index (χ4v) is 11.7. The van der Waals surface area contributed by atoms with Crippen LogP contribution in [0.2, 0.25) is 0 Å². The molecule has 1 heterocycles. The molecule has 3 amide bonds. The number of anilines is 1. The molecule has 2 aromatic rings. The van der Waals surface area contributed by atoms with Gasteiger partial charge in [-0.2, -0.15) is 0 Å². The van der Waals surface area contributed by atoms with Crippen molar-refractivity contribution in [3.05, 3.63) is 88.5 Å². The summed E-state index contributed by atoms with van der Waals surface area (Å²) in [5.41, 5.74) is 0.427. The third-order valence-corrected chi connectivity index (χ3v) is 15.1. The Hall–Kier alpha value is -4.43. The largest absolute Gasteiger partial charge is 0.481 e. The summed E-state index contributed by atoms with van der Waals surface area (Å²) in [5.74, 6) is -4.34. The van der Waals surface area contributed by atoms with Gasteiger partial charge in [-0.25, -0.2) is 4.57 Å². The van der Waals surface area contributed by atoms with E-state index in [2.05, 4.69) is 31.9 Å². The van der Waals surface area contributed by atoms with Gasteiger partial charge in [0.15, 0.2) is 23.5 Å². The van der Waals surface area contributed by atoms with Crippen LogP contribution in [0.15, 0.2) is 66.3 Å². The lowest BCUT2D eigenvalue weighted by molar-refractivity contribution is -0.200. The standard InChI is InChI=1S/C45H53BrN3O15P/c1-43-14-13-29(51)17-28(43)8-9-30-31-18-36-45(35(53)23-62-65(59,60)61,44(31,2)19-34(52)40(30)43)64-42(63-36)26-6-3-24(4-7-26)15-25-5-10-32(27(16-25)22-50)49-41(58)33(11-12-39(56)57)48-38(55)21-47-37(54)20-46/h3-7,10,13-14,16-17,30-31,33-34,36,40,42,50,52H,8-9,11-12,15,18-23H2,1-2H3,(H,47,54)(H,48,55)(H,49,58)(H,56,57)(H2,59,60,61)/t30-,31-,33-,34-,36+,40+,42+,43-,44-,45+/m0/s1. The van der Waals surface area contributed by atoms with Gasteiger partial charge in [-0.1, -0.05) is 77.8 Å². The first-order valence-electron chi connectivity index (χ1n) is 21.4. The number of allylic oxidation sites excluding steroid dienone is 4. The molecule has 0 aromatic heterocycles. The average Bonchev–Trinajstić information content (AvgIpc) is 3.76. The molecule has 4 aliphatic carbocycles. The van der Waals surface area contributed by atoms with E-state index in [0.717, 1.165) is 16.7 Å². The Labute approximate surface area is 382 Å². The first kappa shape index (κ1) is 48.5. The summed E-state index contributed by atoms with van der Waals surface area (Å²) >= 11 is 2.97. The number of amides is 3. The number of phosphoric acid groups is 1. The topological polar surface area (TPSA) is 284 Å². The molecule has 7 rings (SSSR count). The van der Waals surface area contributed by atoms with Crippen molar-refractivity contribution in [2.75, 3.05) is 23.8 Å². The van der Waals surface area contributed by atoms with E-state index < -0.39 is 104 Å². The Balaban J connectivity index is 1.06. The van der Waals surface area contributed by atoms with E-state index in [4.69, 9.17) is 14.0 Å². The van der Waals surface area contributed by atoms with E-state index >= 15 is 0 Å². The summed E-state index contributed by atoms with van der Waals surface area (Å²) in [4.78, 5) is 94.4. The maximum atomic E-state index is 14.4. The number of fused-ring (bicyclic) bond motifs is 7. The first-order chi connectivity index (χ1) is 30.7. The molecule has 2 aromatic carbocycles. The number of carbonyl (C=O) groups excluding carboxylic acids is 5. The van der Waals surface area contributed by atoms with Crippen molar-refractivity contribution < 1.29 is 72.4 Å². The molecule has 0 unspecified atom stereocenters. The number of ether oxygens (including phenoxy) is 2. The number of carboxylic acid groups (broad SMARTS) is 1. The van der Waals surface area contributed by atoms with Crippen LogP contribution in [0.4, 0.5) is 5.69 Å². The van der Waals surface area contributed by atoms with Gasteiger partial charge in [-0.05, 0) is 79.7 Å². The fraction of sp³-hybridized carbons (Fsp3) is 0.511. The van der Waals surface area contributed by atoms with E-state index in [1.165, 1.54) is 0 Å². The van der Waals surface area contributed by atoms with Crippen molar-refractivity contribution in [3.63, 3.8) is 0 Å². The number of carboxylic acids is 1. The van der Waals surface area contributed by atoms with Crippen molar-refractivity contribution in [1.29, 1.82) is 0 Å². The number of ketones is 2. The van der Waals surface area contributed by atoms with Crippen LogP contribution >= 0.6 is 23.8 Å². The number of benzene rings is 2. The highest BCUT2D eigenvalue weighted by molar-refractivity contribution is 9.09. The molecule has 4 fully saturated rings. The number of halogens is 1. The van der Waals surface area contributed by atoms with E-state index in [0.29, 0.717) is 36.8 Å². The lowest BCUT2D eigenvalue weighted by Crippen LogP contribution is -2.63. The predicted molar refractivity (Wildman–Crippen MR) is 234 cm³/mol. The van der Waals surface area contributed by atoms with Gasteiger partial charge in [0.2, 0.25) is 17.7 Å². The lowest BCUT2D eigenvalue weighted by atomic mass is 9.46. The minimum absolute atomic E-state index is 0.0362. The molecule has 3 saturated carbocycles. The summed E-state index contributed by atoms with van der Waals surface area (Å²) in [7, 11) is -5.05. The number of hydrogen-bond donors (Lipinski definition) is 8. The molecule has 350 valence electrons. The summed E-state index contributed by atoms with van der Waals surface area (Å²) in [6.07, 6.45) is 3.86. The summed E-state index contributed by atoms with van der Waals surface area (Å²) in [6.45, 7) is 2.11. The zero-order valence-electron chi connectivity index (χ0n) is 35.7. The van der Waals surface area contributed by atoms with Crippen molar-refractivity contribution in [2.24, 2.45) is 28.6 Å². The number of aliphatic carboxylic acids is 1. The Bertz CT molecular complexity index is 2350. The average molecular weight is 987 g/mol. The second-order valence-electron chi connectivity index (χ2n) is 18.0. The van der Waals surface area contributed by atoms with Gasteiger partial charge in [0.25, 0.3) is 0 Å². The number of hydrogen-bond acceptors (Lipinski definition) is 12. The first-order valence-corrected chi connectivity index (χ1v) is 24.0. The highest BCUT2D eigenvalue weighted by Crippen LogP contribution is 2.70. The van der Waals surface area contributed by atoms with E-state index in [1.807, 2.05) is 32.1 Å². The summed E-state index contributed by atoms with van der Waals surface area (Å²) in [6, 6.07) is 11.0. The number of aliphatic hydroxyl groups excluding tert-OH is 2. The maximum Gasteiger partial charge on any atom is 0.470 e. The van der Waals surface area contributed by atoms with Crippen LogP contribution in [-0.4, -0.2) is 103 Å². The zero-order valence-corrected chi connectivity index (χ0v) is 38.2. The van der Waals surface area contributed by atoms with Crippen molar-refractivity contribution >= 4 is 64.7 Å². The van der Waals surface area contributed by atoms with Crippen molar-refractivity contribution in [1.82, 2.24) is 10.6 Å². The fourth-order valence-electron chi connectivity index (χ4n) is 11.2. The number of rotatable bonds is 17. The number of nitrogens with one attached hydrogen (secondary N) is 3. The SMILES string of the molecule is C[C@]12C=CC(=O)C=C1CC[C@@H]1[C@@H]2[C@@H](O)C[C@@]2(C)[C@H]1C[C@H]1O[C@@H](c3ccc(Cc4ccc(NC(=O)[C@H](CCC(=O)O)NC(=O)CNC(=O)CBr)c(CO)c4)cc3)O[C@]12C(=O)COP(=O)(O)O. The molecule has 18 nitrogen and oxygen atoms in total. The Morgan fingerprint density at radius 1 is 1.05 bits per heavy atom. The van der Waals surface area contributed by atoms with Crippen LogP contribution < -0.4 is 16.0 Å². The van der Waals surface area contributed by atoms with Crippen molar-refractivity contribution in [3.8, 4) is 0 Å². The highest BCUT2D eigenvalue weighted by atomic mass is 79.9. The molecule has 0 bridgehead atoms. The summed E-state index contributed by atoms with van der Waals surface area (Å²) < 4.78 is 29.9. The highest BCUT2D eigenvalue weighted by Gasteiger charge is 2.76. The number of Topliss-reactive ketones (excluding diaryl/α,β-unsaturated/α-hetero) is 1. The molecule has 65 heavy (non-hydrogen) atoms. The lowest BCUT2D eigenvalue weighted by Gasteiger charge is -2.59. The van der Waals surface area contributed by atoms with Crippen LogP contribution in [0, 0.1) is 28.6 Å². The normalized spacial score (nSPS) is 30.5. The minimum atomic E-state index is -5.05. The molecule has 20 heteroatoms. The molecule has 0 radical (unpaired) electrons. The molecular formula is C45H53BrN3O15P. The smallest absolute Gasteiger partial charge is 0.470 e. The van der Waals surface area contributed by atoms with E-state index in [9.17, 15) is 58.4 Å². The van der Waals surface area contributed by atoms with Gasteiger partial charge in [-0.15, -0.1) is 0 Å². The molecule has 5 aliphatic rings. The van der Waals surface area contributed by atoms with Crippen LogP contribution in [0.1, 0.15) is 80.9 Å². The van der Waals surface area contributed by atoms with Crippen LogP contribution in [-0.2, 0) is 60.4 Å². The third-order valence-electron chi connectivity index (χ3n) is 14.1. The second kappa shape index (κ2) is 19.1. The number of phosphoric ester groups is 1. The van der Waals surface area contributed by atoms with Crippen LogP contribution in [0.5, 0.6) is 0 Å². The van der Waals surface area contributed by atoms with Crippen molar-refractivity contribution in [2.45, 2.75) is 95.5 Å². The Morgan fingerprint density at radius 3 is 2.45 bits per heavy atom. The molecule has 1 saturated heterocycles. The second-order valence-corrected chi connectivity index (χ2v) is 19.8. The number of carbonyl (C=O) groups is 6. The Morgan fingerprint density at radius 2 is 1.77 bits per heavy atom. The molecule has 1 aliphatic heterocycles. The van der Waals surface area contributed by atoms with Crippen LogP contribution in [0.25, 0.3) is 0 Å². The van der Waals surface area contributed by atoms with Gasteiger partial charge in [-0.3, -0.25) is 33.3 Å². The molecule has 10 atom stereocenters. The van der Waals surface area contributed by atoms with E-state index in [1.54, 1.807) is 42.5 Å². The monoisotopic (exact) mass is 985 g/mol. The molecular weight excluding hydrogens is 933 g/mol. The van der Waals surface area contributed by atoms with Gasteiger partial charge in [0.1, 0.15) is 12.6 Å². The quantitative estimate of drug-likeness (QED) is 0.0834. The molecule has 0 spiro atoms. The van der Waals surface area contributed by atoms with Gasteiger partial charge < -0.3 is 50.5 Å². The van der Waals surface area contributed by atoms with Gasteiger partial charge >= 0.3 is 13.8 Å². The third kappa shape index (κ3) is 9.71. The summed E-state index contributed by atoms with van der Waals surface area (Å²) in [5, 5.41) is 38.9. The van der Waals surface area contributed by atoms with Gasteiger partial charge in [0.05, 0.1) is 30.7 Å². The predicted octanol–water partition coefficient (Wildman–Crippen LogP) is 3.29. The zero-order chi connectivity index (χ0) is 47.1. The van der Waals surface area contributed by atoms with Gasteiger partial charge in [0, 0.05) is 40.0 Å².